The number of fused-ring (bicyclic) bond motifs is 1. The van der Waals surface area contributed by atoms with Gasteiger partial charge in [0.15, 0.2) is 5.78 Å². The Morgan fingerprint density at radius 2 is 1.72 bits per heavy atom. The summed E-state index contributed by atoms with van der Waals surface area (Å²) in [4.78, 5) is 38.8. The van der Waals surface area contributed by atoms with Crippen molar-refractivity contribution in [1.29, 1.82) is 5.26 Å². The summed E-state index contributed by atoms with van der Waals surface area (Å²) in [5, 5.41) is 12.4. The molecule has 0 amide bonds. The second kappa shape index (κ2) is 6.31. The van der Waals surface area contributed by atoms with Crippen molar-refractivity contribution >= 4 is 11.6 Å². The van der Waals surface area contributed by atoms with E-state index in [1.54, 1.807) is 31.3 Å². The summed E-state index contributed by atoms with van der Waals surface area (Å²) in [5.41, 5.74) is 1.91. The van der Waals surface area contributed by atoms with Gasteiger partial charge in [0, 0.05) is 37.7 Å². The maximum Gasteiger partial charge on any atom is 0.332 e. The van der Waals surface area contributed by atoms with Gasteiger partial charge in [-0.1, -0.05) is 26.0 Å². The van der Waals surface area contributed by atoms with Crippen molar-refractivity contribution < 1.29 is 4.79 Å². The molecule has 0 spiro atoms. The highest BCUT2D eigenvalue weighted by atomic mass is 16.2. The number of nitriles is 1. The number of nitrogens with one attached hydrogen (secondary N) is 1. The monoisotopic (exact) mass is 390 g/mol. The fourth-order valence-corrected chi connectivity index (χ4v) is 4.43. The van der Waals surface area contributed by atoms with Gasteiger partial charge in [-0.05, 0) is 29.5 Å². The summed E-state index contributed by atoms with van der Waals surface area (Å²) in [5.74, 6) is -0.153. The maximum absolute atomic E-state index is 13.2. The Labute approximate surface area is 167 Å². The van der Waals surface area contributed by atoms with Gasteiger partial charge in [0.2, 0.25) is 0 Å². The Morgan fingerprint density at radius 3 is 2.34 bits per heavy atom. The number of nitrogens with zero attached hydrogens (tertiary/aromatic N) is 3. The topological polar surface area (TPSA) is 96.9 Å². The van der Waals surface area contributed by atoms with E-state index >= 15 is 0 Å². The molecule has 0 radical (unpaired) electrons. The molecule has 1 aromatic heterocycles. The number of allylic oxidation sites excluding steroid dienone is 2. The lowest BCUT2D eigenvalue weighted by Gasteiger charge is -2.39. The molecule has 1 aromatic carbocycles. The zero-order valence-corrected chi connectivity index (χ0v) is 16.9. The van der Waals surface area contributed by atoms with Gasteiger partial charge in [-0.15, -0.1) is 0 Å². The average Bonchev–Trinajstić information content (AvgIpc) is 2.68. The Balaban J connectivity index is 2.06. The Morgan fingerprint density at radius 1 is 1.07 bits per heavy atom. The van der Waals surface area contributed by atoms with Crippen LogP contribution < -0.4 is 16.6 Å². The van der Waals surface area contributed by atoms with Crippen LogP contribution in [0.2, 0.25) is 0 Å². The molecule has 0 saturated carbocycles. The van der Waals surface area contributed by atoms with Crippen molar-refractivity contribution in [2.75, 3.05) is 5.32 Å². The standard InChI is InChI=1S/C22H22N4O3/c1-22(2)9-14-17(15(27)10-22)16(13-7-5-12(11-23)6-8-13)18-19(24-14)25(3)21(29)26(4)20(18)28/h5-8,16,24H,9-10H2,1-4H3/t16-/m0/s1. The number of benzene rings is 1. The molecule has 1 atom stereocenters. The summed E-state index contributed by atoms with van der Waals surface area (Å²) in [6.07, 6.45) is 1.03. The molecule has 0 saturated heterocycles. The second-order valence-electron chi connectivity index (χ2n) is 8.59. The minimum Gasteiger partial charge on any atom is -0.344 e. The number of anilines is 1. The Bertz CT molecular complexity index is 1240. The van der Waals surface area contributed by atoms with Crippen LogP contribution in [-0.4, -0.2) is 14.9 Å². The highest BCUT2D eigenvalue weighted by Gasteiger charge is 2.42. The number of hydrogen-bond acceptors (Lipinski definition) is 5. The number of carbonyl (C=O) groups excluding carboxylic acids is 1. The van der Waals surface area contributed by atoms with Gasteiger partial charge in [0.05, 0.1) is 17.2 Å². The van der Waals surface area contributed by atoms with Crippen molar-refractivity contribution in [2.45, 2.75) is 32.6 Å². The summed E-state index contributed by atoms with van der Waals surface area (Å²) in [6, 6.07) is 9.01. The molecule has 2 heterocycles. The van der Waals surface area contributed by atoms with E-state index in [4.69, 9.17) is 5.26 Å². The summed E-state index contributed by atoms with van der Waals surface area (Å²) < 4.78 is 2.49. The van der Waals surface area contributed by atoms with Gasteiger partial charge in [-0.25, -0.2) is 4.79 Å². The van der Waals surface area contributed by atoms with Crippen LogP contribution >= 0.6 is 0 Å². The van der Waals surface area contributed by atoms with Gasteiger partial charge >= 0.3 is 5.69 Å². The van der Waals surface area contributed by atoms with Gasteiger partial charge in [-0.3, -0.25) is 18.7 Å². The Kier molecular flexibility index (Phi) is 4.12. The van der Waals surface area contributed by atoms with Crippen molar-refractivity contribution in [3.05, 3.63) is 73.1 Å². The molecule has 7 heteroatoms. The van der Waals surface area contributed by atoms with Crippen molar-refractivity contribution in [3.8, 4) is 6.07 Å². The zero-order chi connectivity index (χ0) is 21.1. The minimum atomic E-state index is -0.580. The highest BCUT2D eigenvalue weighted by Crippen LogP contribution is 2.47. The summed E-state index contributed by atoms with van der Waals surface area (Å²) >= 11 is 0. The summed E-state index contributed by atoms with van der Waals surface area (Å²) in [7, 11) is 3.06. The molecule has 0 fully saturated rings. The fraction of sp³-hybridized carbons (Fsp3) is 0.364. The molecular weight excluding hydrogens is 368 g/mol. The third kappa shape index (κ3) is 2.83. The smallest absolute Gasteiger partial charge is 0.332 e. The average molecular weight is 390 g/mol. The molecule has 148 valence electrons. The predicted octanol–water partition coefficient (Wildman–Crippen LogP) is 2.16. The van der Waals surface area contributed by atoms with E-state index < -0.39 is 17.2 Å². The predicted molar refractivity (Wildman–Crippen MR) is 109 cm³/mol. The van der Waals surface area contributed by atoms with Crippen LogP contribution in [0.3, 0.4) is 0 Å². The normalized spacial score (nSPS) is 19.8. The number of aromatic nitrogens is 2. The van der Waals surface area contributed by atoms with Crippen LogP contribution in [0.5, 0.6) is 0 Å². The van der Waals surface area contributed by atoms with E-state index in [9.17, 15) is 14.4 Å². The minimum absolute atomic E-state index is 0.000309. The quantitative estimate of drug-likeness (QED) is 0.805. The first-order chi connectivity index (χ1) is 13.6. The van der Waals surface area contributed by atoms with Gasteiger partial charge in [0.25, 0.3) is 5.56 Å². The van der Waals surface area contributed by atoms with Crippen LogP contribution in [0, 0.1) is 16.7 Å². The molecule has 4 rings (SSSR count). The largest absolute Gasteiger partial charge is 0.344 e. The molecule has 2 aromatic rings. The summed E-state index contributed by atoms with van der Waals surface area (Å²) in [6.45, 7) is 4.07. The number of Topliss-reactive ketones (excluding diaryl/α,β-unsaturated/α-hetero) is 1. The lowest BCUT2D eigenvalue weighted by atomic mass is 9.69. The van der Waals surface area contributed by atoms with Crippen LogP contribution in [0.15, 0.2) is 45.1 Å². The van der Waals surface area contributed by atoms with E-state index in [0.717, 1.165) is 15.8 Å². The van der Waals surface area contributed by atoms with Crippen molar-refractivity contribution in [3.63, 3.8) is 0 Å². The molecule has 0 bridgehead atoms. The lowest BCUT2D eigenvalue weighted by Crippen LogP contribution is -2.45. The number of ketones is 1. The van der Waals surface area contributed by atoms with Crippen molar-refractivity contribution in [2.24, 2.45) is 19.5 Å². The van der Waals surface area contributed by atoms with Crippen molar-refractivity contribution in [1.82, 2.24) is 9.13 Å². The zero-order valence-electron chi connectivity index (χ0n) is 16.9. The van der Waals surface area contributed by atoms with Gasteiger partial charge in [-0.2, -0.15) is 5.26 Å². The van der Waals surface area contributed by atoms with Crippen LogP contribution in [0.25, 0.3) is 0 Å². The van der Waals surface area contributed by atoms with E-state index in [1.165, 1.54) is 11.6 Å². The number of carbonyl (C=O) groups is 1. The highest BCUT2D eigenvalue weighted by molar-refractivity contribution is 6.01. The fourth-order valence-electron chi connectivity index (χ4n) is 4.43. The molecule has 29 heavy (non-hydrogen) atoms. The molecule has 1 N–H and O–H groups in total. The van der Waals surface area contributed by atoms with Gasteiger partial charge < -0.3 is 5.32 Å². The molecular formula is C22H22N4O3. The van der Waals surface area contributed by atoms with Crippen LogP contribution in [0.1, 0.15) is 49.3 Å². The number of hydrogen-bond donors (Lipinski definition) is 1. The third-order valence-electron chi connectivity index (χ3n) is 5.84. The molecule has 7 nitrogen and oxygen atoms in total. The maximum atomic E-state index is 13.2. The van der Waals surface area contributed by atoms with Crippen LogP contribution in [0.4, 0.5) is 5.82 Å². The molecule has 1 aliphatic carbocycles. The first-order valence-electron chi connectivity index (χ1n) is 9.48. The lowest BCUT2D eigenvalue weighted by molar-refractivity contribution is -0.118. The number of rotatable bonds is 1. The third-order valence-corrected chi connectivity index (χ3v) is 5.84. The van der Waals surface area contributed by atoms with Crippen LogP contribution in [-0.2, 0) is 18.9 Å². The molecule has 1 aliphatic heterocycles. The molecule has 0 unspecified atom stereocenters. The first kappa shape index (κ1) is 18.9. The van der Waals surface area contributed by atoms with E-state index in [1.807, 2.05) is 13.8 Å². The van der Waals surface area contributed by atoms with E-state index in [-0.39, 0.29) is 11.2 Å². The second-order valence-corrected chi connectivity index (χ2v) is 8.59. The molecule has 2 aliphatic rings. The van der Waals surface area contributed by atoms with Gasteiger partial charge in [0.1, 0.15) is 5.82 Å². The van der Waals surface area contributed by atoms with E-state index in [0.29, 0.717) is 35.4 Å². The first-order valence-corrected chi connectivity index (χ1v) is 9.48. The van der Waals surface area contributed by atoms with E-state index in [2.05, 4.69) is 11.4 Å². The SMILES string of the molecule is Cn1c2c(c(=O)n(C)c1=O)[C@@H](c1ccc(C#N)cc1)C1=C(CC(C)(C)CC1=O)N2. The Hall–Kier alpha value is -3.40.